The average molecular weight is 258 g/mol. The zero-order valence-electron chi connectivity index (χ0n) is 10.8. The molecule has 19 heavy (non-hydrogen) atoms. The summed E-state index contributed by atoms with van der Waals surface area (Å²) in [5, 5.41) is 2.70. The summed E-state index contributed by atoms with van der Waals surface area (Å²) in [6.07, 6.45) is 0.411. The molecule has 98 valence electrons. The molecule has 5 heteroatoms. The highest BCUT2D eigenvalue weighted by atomic mass is 16.2. The molecule has 1 fully saturated rings. The Balaban J connectivity index is 1.92. The predicted molar refractivity (Wildman–Crippen MR) is 67.3 cm³/mol. The number of benzene rings is 1. The molecule has 2 amide bonds. The number of nitrogens with zero attached hydrogens (tertiary/aromatic N) is 2. The van der Waals surface area contributed by atoms with Crippen molar-refractivity contribution < 1.29 is 14.4 Å². The number of carbonyl (C=O) groups excluding carboxylic acids is 3. The zero-order chi connectivity index (χ0) is 13.7. The molecule has 0 saturated carbocycles. The molecule has 3 unspecified atom stereocenters. The molecule has 3 atom stereocenters. The van der Waals surface area contributed by atoms with Gasteiger partial charge < -0.3 is 0 Å². The van der Waals surface area contributed by atoms with Crippen LogP contribution < -0.4 is 0 Å². The van der Waals surface area contributed by atoms with Crippen molar-refractivity contribution in [2.45, 2.75) is 32.4 Å². The first-order valence-electron chi connectivity index (χ1n) is 6.36. The lowest BCUT2D eigenvalue weighted by Crippen LogP contribution is -2.37. The molecule has 2 aliphatic heterocycles. The third-order valence-electron chi connectivity index (χ3n) is 3.75. The van der Waals surface area contributed by atoms with Gasteiger partial charge in [-0.05, 0) is 19.1 Å². The van der Waals surface area contributed by atoms with Crippen molar-refractivity contribution >= 4 is 17.6 Å². The Morgan fingerprint density at radius 2 is 1.68 bits per heavy atom. The van der Waals surface area contributed by atoms with Crippen molar-refractivity contribution in [2.75, 3.05) is 0 Å². The highest BCUT2D eigenvalue weighted by Gasteiger charge is 2.57. The predicted octanol–water partition coefficient (Wildman–Crippen LogP) is 1.25. The van der Waals surface area contributed by atoms with E-state index in [1.165, 1.54) is 0 Å². The van der Waals surface area contributed by atoms with Gasteiger partial charge in [0.1, 0.15) is 6.04 Å². The van der Waals surface area contributed by atoms with Crippen molar-refractivity contribution in [2.24, 2.45) is 0 Å². The number of hydrazine groups is 1. The summed E-state index contributed by atoms with van der Waals surface area (Å²) in [4.78, 5) is 36.2. The van der Waals surface area contributed by atoms with Gasteiger partial charge in [-0.15, -0.1) is 0 Å². The molecule has 2 heterocycles. The molecule has 0 aromatic heterocycles. The maximum Gasteiger partial charge on any atom is 0.276 e. The zero-order valence-corrected chi connectivity index (χ0v) is 10.8. The van der Waals surface area contributed by atoms with E-state index in [0.717, 1.165) is 5.01 Å². The van der Waals surface area contributed by atoms with Crippen LogP contribution in [0.5, 0.6) is 0 Å². The third kappa shape index (κ3) is 1.55. The first kappa shape index (κ1) is 12.0. The highest BCUT2D eigenvalue weighted by molar-refractivity contribution is 6.21. The van der Waals surface area contributed by atoms with E-state index >= 15 is 0 Å². The number of ketones is 1. The topological polar surface area (TPSA) is 57.5 Å². The van der Waals surface area contributed by atoms with Gasteiger partial charge in [0, 0.05) is 6.42 Å². The Kier molecular flexibility index (Phi) is 2.53. The van der Waals surface area contributed by atoms with E-state index in [9.17, 15) is 14.4 Å². The fourth-order valence-electron chi connectivity index (χ4n) is 2.65. The Morgan fingerprint density at radius 3 is 2.16 bits per heavy atom. The maximum absolute atomic E-state index is 12.2. The number of rotatable bonds is 3. The average Bonchev–Trinajstić information content (AvgIpc) is 3.01. The van der Waals surface area contributed by atoms with E-state index in [-0.39, 0.29) is 29.7 Å². The Morgan fingerprint density at radius 1 is 1.16 bits per heavy atom. The quantitative estimate of drug-likeness (QED) is 0.605. The summed E-state index contributed by atoms with van der Waals surface area (Å²) >= 11 is 0. The number of hydrogen-bond acceptors (Lipinski definition) is 4. The van der Waals surface area contributed by atoms with Crippen LogP contribution in [-0.2, 0) is 4.79 Å². The highest BCUT2D eigenvalue weighted by Crippen LogP contribution is 2.36. The first-order valence-corrected chi connectivity index (χ1v) is 6.36. The fourth-order valence-corrected chi connectivity index (χ4v) is 2.65. The largest absolute Gasteiger partial charge is 0.298 e. The lowest BCUT2D eigenvalue weighted by atomic mass is 10.1. The van der Waals surface area contributed by atoms with Crippen molar-refractivity contribution in [3.05, 3.63) is 35.4 Å². The molecule has 5 nitrogen and oxygen atoms in total. The Bertz CT molecular complexity index is 561. The number of fused-ring (bicyclic) bond motifs is 1. The SMILES string of the molecule is CCC(=O)C1C(C)N1N1C(=O)c2ccccc2C1=O. The first-order chi connectivity index (χ1) is 9.07. The minimum absolute atomic E-state index is 0.0593. The Labute approximate surface area is 110 Å². The van der Waals surface area contributed by atoms with Gasteiger partial charge in [0.25, 0.3) is 11.8 Å². The van der Waals surface area contributed by atoms with Crippen LogP contribution in [0.4, 0.5) is 0 Å². The number of amides is 2. The van der Waals surface area contributed by atoms with Gasteiger partial charge in [-0.25, -0.2) is 5.01 Å². The van der Waals surface area contributed by atoms with E-state index in [1.54, 1.807) is 36.2 Å². The van der Waals surface area contributed by atoms with Gasteiger partial charge in [-0.3, -0.25) is 14.4 Å². The smallest absolute Gasteiger partial charge is 0.276 e. The van der Waals surface area contributed by atoms with Crippen LogP contribution in [0.2, 0.25) is 0 Å². The molecule has 0 radical (unpaired) electrons. The number of Topliss-reactive ketones (excluding diaryl/α,β-unsaturated/α-hetero) is 1. The van der Waals surface area contributed by atoms with E-state index in [4.69, 9.17) is 0 Å². The molecule has 0 N–H and O–H groups in total. The van der Waals surface area contributed by atoms with Gasteiger partial charge >= 0.3 is 0 Å². The van der Waals surface area contributed by atoms with Crippen LogP contribution in [0, 0.1) is 0 Å². The van der Waals surface area contributed by atoms with Crippen LogP contribution in [-0.4, -0.2) is 39.7 Å². The molecule has 1 saturated heterocycles. The minimum Gasteiger partial charge on any atom is -0.298 e. The third-order valence-corrected chi connectivity index (χ3v) is 3.75. The van der Waals surface area contributed by atoms with Gasteiger partial charge in [-0.2, -0.15) is 5.01 Å². The van der Waals surface area contributed by atoms with E-state index in [1.807, 2.05) is 6.92 Å². The Hall–Kier alpha value is -2.01. The van der Waals surface area contributed by atoms with Crippen molar-refractivity contribution in [3.8, 4) is 0 Å². The molecular weight excluding hydrogens is 244 g/mol. The molecule has 1 aromatic rings. The van der Waals surface area contributed by atoms with Crippen LogP contribution in [0.1, 0.15) is 41.0 Å². The summed E-state index contributed by atoms with van der Waals surface area (Å²) < 4.78 is 0. The summed E-state index contributed by atoms with van der Waals surface area (Å²) in [7, 11) is 0. The van der Waals surface area contributed by atoms with E-state index < -0.39 is 0 Å². The van der Waals surface area contributed by atoms with Gasteiger partial charge in [0.15, 0.2) is 5.78 Å². The van der Waals surface area contributed by atoms with Crippen LogP contribution in [0.25, 0.3) is 0 Å². The van der Waals surface area contributed by atoms with Gasteiger partial charge in [0.05, 0.1) is 17.2 Å². The van der Waals surface area contributed by atoms with E-state index in [2.05, 4.69) is 0 Å². The van der Waals surface area contributed by atoms with E-state index in [0.29, 0.717) is 17.5 Å². The molecule has 2 aliphatic rings. The second kappa shape index (κ2) is 3.99. The maximum atomic E-state index is 12.2. The van der Waals surface area contributed by atoms with Crippen molar-refractivity contribution in [3.63, 3.8) is 0 Å². The van der Waals surface area contributed by atoms with Gasteiger partial charge in [-0.1, -0.05) is 19.1 Å². The standard InChI is InChI=1S/C14H14N2O3/c1-3-11(17)12-8(2)15(12)16-13(18)9-6-4-5-7-10(9)14(16)19/h4-8,12H,3H2,1-2H3. The summed E-state index contributed by atoms with van der Waals surface area (Å²) in [6.45, 7) is 3.63. The van der Waals surface area contributed by atoms with Crippen LogP contribution >= 0.6 is 0 Å². The normalized spacial score (nSPS) is 28.5. The van der Waals surface area contributed by atoms with Crippen molar-refractivity contribution in [1.82, 2.24) is 10.0 Å². The molecule has 0 spiro atoms. The molecular formula is C14H14N2O3. The van der Waals surface area contributed by atoms with Crippen LogP contribution in [0.15, 0.2) is 24.3 Å². The number of carbonyl (C=O) groups is 3. The lowest BCUT2D eigenvalue weighted by Gasteiger charge is -2.15. The fraction of sp³-hybridized carbons (Fsp3) is 0.357. The summed E-state index contributed by atoms with van der Waals surface area (Å²) in [5.74, 6) is -0.609. The second-order valence-corrected chi connectivity index (χ2v) is 4.85. The molecule has 0 bridgehead atoms. The molecule has 1 aromatic carbocycles. The monoisotopic (exact) mass is 258 g/mol. The van der Waals surface area contributed by atoms with Crippen molar-refractivity contribution in [1.29, 1.82) is 0 Å². The van der Waals surface area contributed by atoms with Crippen LogP contribution in [0.3, 0.4) is 0 Å². The second-order valence-electron chi connectivity index (χ2n) is 4.85. The molecule has 0 aliphatic carbocycles. The van der Waals surface area contributed by atoms with Gasteiger partial charge in [0.2, 0.25) is 0 Å². The number of imide groups is 1. The molecule has 3 rings (SSSR count). The summed E-state index contributed by atoms with van der Waals surface area (Å²) in [6, 6.07) is 6.31. The number of hydrogen-bond donors (Lipinski definition) is 0. The minimum atomic E-state index is -0.341. The lowest BCUT2D eigenvalue weighted by molar-refractivity contribution is -0.119. The summed E-state index contributed by atoms with van der Waals surface area (Å²) in [5.41, 5.74) is 0.823.